The fourth-order valence-corrected chi connectivity index (χ4v) is 3.17. The minimum atomic E-state index is -0.735. The third kappa shape index (κ3) is 3.91. The summed E-state index contributed by atoms with van der Waals surface area (Å²) in [4.78, 5) is 30.7. The number of nitrogens with zero attached hydrogens (tertiary/aromatic N) is 2. The van der Waals surface area contributed by atoms with Crippen LogP contribution in [0.15, 0.2) is 38.8 Å². The van der Waals surface area contributed by atoms with E-state index >= 15 is 0 Å². The number of aromatic amines is 1. The van der Waals surface area contributed by atoms with E-state index in [0.717, 1.165) is 30.3 Å². The first kappa shape index (κ1) is 18.1. The lowest BCUT2D eigenvalue weighted by Gasteiger charge is -2.22. The van der Waals surface area contributed by atoms with E-state index in [0.29, 0.717) is 5.56 Å². The molecular formula is C18H22FN4O3+. The summed E-state index contributed by atoms with van der Waals surface area (Å²) in [6, 6.07) is 5.72. The maximum absolute atomic E-state index is 13.0. The van der Waals surface area contributed by atoms with Crippen molar-refractivity contribution in [3.8, 4) is 5.88 Å². The van der Waals surface area contributed by atoms with Crippen LogP contribution in [0.2, 0.25) is 0 Å². The number of quaternary nitrogens is 1. The summed E-state index contributed by atoms with van der Waals surface area (Å²) in [5, 5.41) is 10.4. The molecule has 1 heterocycles. The molecule has 26 heavy (non-hydrogen) atoms. The Bertz CT molecular complexity index is 918. The van der Waals surface area contributed by atoms with Gasteiger partial charge >= 0.3 is 5.69 Å². The van der Waals surface area contributed by atoms with Gasteiger partial charge in [-0.15, -0.1) is 0 Å². The van der Waals surface area contributed by atoms with Gasteiger partial charge in [-0.25, -0.2) is 9.18 Å². The topological polar surface area (TPSA) is 115 Å². The van der Waals surface area contributed by atoms with Gasteiger partial charge in [-0.3, -0.25) is 19.3 Å². The van der Waals surface area contributed by atoms with Gasteiger partial charge in [0, 0.05) is 12.6 Å². The van der Waals surface area contributed by atoms with Crippen LogP contribution in [0.25, 0.3) is 0 Å². The minimum Gasteiger partial charge on any atom is -0.494 e. The predicted octanol–water partition coefficient (Wildman–Crippen LogP) is 0.402. The molecular weight excluding hydrogens is 339 g/mol. The van der Waals surface area contributed by atoms with E-state index in [9.17, 15) is 19.1 Å². The number of aliphatic imine (C=N–C) groups is 1. The summed E-state index contributed by atoms with van der Waals surface area (Å²) in [6.45, 7) is 0.00392. The highest BCUT2D eigenvalue weighted by Crippen LogP contribution is 2.19. The molecule has 7 nitrogen and oxygen atoms in total. The summed E-state index contributed by atoms with van der Waals surface area (Å²) in [5.74, 6) is -0.849. The van der Waals surface area contributed by atoms with Crippen molar-refractivity contribution in [2.45, 2.75) is 44.3 Å². The SMILES string of the molecule is [NH3+][C@@H]1CCCC[C@@H]1N=Cc1c(O)n(Cc2ccc(F)cc2)c(=O)[nH]c1=O. The predicted molar refractivity (Wildman–Crippen MR) is 95.0 cm³/mol. The monoisotopic (exact) mass is 361 g/mol. The van der Waals surface area contributed by atoms with Crippen LogP contribution in [-0.4, -0.2) is 33.0 Å². The van der Waals surface area contributed by atoms with Crippen molar-refractivity contribution >= 4 is 6.21 Å². The quantitative estimate of drug-likeness (QED) is 0.685. The number of hydrogen-bond donors (Lipinski definition) is 3. The van der Waals surface area contributed by atoms with Crippen LogP contribution in [0.5, 0.6) is 5.88 Å². The Kier molecular flexibility index (Phi) is 5.32. The molecule has 1 aliphatic carbocycles. The number of aromatic nitrogens is 2. The molecule has 0 spiro atoms. The Morgan fingerprint density at radius 1 is 1.27 bits per heavy atom. The van der Waals surface area contributed by atoms with Crippen molar-refractivity contribution in [2.75, 3.05) is 0 Å². The van der Waals surface area contributed by atoms with E-state index < -0.39 is 22.9 Å². The van der Waals surface area contributed by atoms with Crippen LogP contribution in [0.4, 0.5) is 4.39 Å². The molecule has 0 bridgehead atoms. The number of aromatic hydroxyl groups is 1. The van der Waals surface area contributed by atoms with Crippen LogP contribution in [0.3, 0.4) is 0 Å². The maximum atomic E-state index is 13.0. The minimum absolute atomic E-state index is 0.0000246. The van der Waals surface area contributed by atoms with Gasteiger partial charge < -0.3 is 10.8 Å². The third-order valence-electron chi connectivity index (χ3n) is 4.72. The van der Waals surface area contributed by atoms with Crippen LogP contribution in [0.1, 0.15) is 36.8 Å². The number of H-pyrrole nitrogens is 1. The molecule has 1 fully saturated rings. The zero-order chi connectivity index (χ0) is 18.7. The first-order chi connectivity index (χ1) is 12.5. The van der Waals surface area contributed by atoms with Gasteiger partial charge in [-0.2, -0.15) is 0 Å². The van der Waals surface area contributed by atoms with Crippen LogP contribution >= 0.6 is 0 Å². The summed E-state index contributed by atoms with van der Waals surface area (Å²) in [6.07, 6.45) is 5.37. The van der Waals surface area contributed by atoms with Gasteiger partial charge in [0.1, 0.15) is 23.5 Å². The molecule has 8 heteroatoms. The van der Waals surface area contributed by atoms with Crippen LogP contribution in [0, 0.1) is 5.82 Å². The average Bonchev–Trinajstić information content (AvgIpc) is 2.61. The third-order valence-corrected chi connectivity index (χ3v) is 4.72. The van der Waals surface area contributed by atoms with Crippen molar-refractivity contribution in [2.24, 2.45) is 4.99 Å². The number of benzene rings is 1. The van der Waals surface area contributed by atoms with E-state index in [2.05, 4.69) is 15.7 Å². The van der Waals surface area contributed by atoms with Crippen molar-refractivity contribution in [3.05, 3.63) is 62.0 Å². The largest absolute Gasteiger partial charge is 0.494 e. The van der Waals surface area contributed by atoms with Crippen LogP contribution in [-0.2, 0) is 6.54 Å². The molecule has 1 aromatic carbocycles. The van der Waals surface area contributed by atoms with E-state index in [1.165, 1.54) is 30.5 Å². The van der Waals surface area contributed by atoms with Crippen molar-refractivity contribution < 1.29 is 15.2 Å². The standard InChI is InChI=1S/C18H21FN4O3/c19-12-7-5-11(6-8-12)10-23-17(25)13(16(24)22-18(23)26)9-21-15-4-2-1-3-14(15)20/h5-9,14-15,25H,1-4,10,20H2,(H,22,24,26)/p+1/t14-,15+/m1/s1. The van der Waals surface area contributed by atoms with E-state index in [-0.39, 0.29) is 24.2 Å². The Labute approximate surface area is 149 Å². The molecule has 1 aromatic heterocycles. The summed E-state index contributed by atoms with van der Waals surface area (Å²) in [5.41, 5.74) is 3.21. The molecule has 0 aliphatic heterocycles. The number of rotatable bonds is 4. The van der Waals surface area contributed by atoms with E-state index in [1.807, 2.05) is 0 Å². The molecule has 2 aromatic rings. The smallest absolute Gasteiger partial charge is 0.331 e. The number of hydrogen-bond acceptors (Lipinski definition) is 4. The molecule has 0 radical (unpaired) electrons. The zero-order valence-corrected chi connectivity index (χ0v) is 14.3. The second-order valence-corrected chi connectivity index (χ2v) is 6.60. The van der Waals surface area contributed by atoms with Crippen molar-refractivity contribution in [1.82, 2.24) is 9.55 Å². The summed E-state index contributed by atoms with van der Waals surface area (Å²) in [7, 11) is 0. The lowest BCUT2D eigenvalue weighted by Crippen LogP contribution is -2.66. The molecule has 1 saturated carbocycles. The molecule has 0 unspecified atom stereocenters. The molecule has 138 valence electrons. The van der Waals surface area contributed by atoms with Crippen molar-refractivity contribution in [3.63, 3.8) is 0 Å². The van der Waals surface area contributed by atoms with Crippen LogP contribution < -0.4 is 17.0 Å². The Morgan fingerprint density at radius 3 is 2.65 bits per heavy atom. The zero-order valence-electron chi connectivity index (χ0n) is 14.3. The van der Waals surface area contributed by atoms with Gasteiger partial charge in [0.05, 0.1) is 6.54 Å². The summed E-state index contributed by atoms with van der Waals surface area (Å²) >= 11 is 0. The molecule has 2 atom stereocenters. The fourth-order valence-electron chi connectivity index (χ4n) is 3.17. The summed E-state index contributed by atoms with van der Waals surface area (Å²) < 4.78 is 14.0. The molecule has 0 amide bonds. The fraction of sp³-hybridized carbons (Fsp3) is 0.389. The highest BCUT2D eigenvalue weighted by atomic mass is 19.1. The van der Waals surface area contributed by atoms with Gasteiger partial charge in [0.2, 0.25) is 5.88 Å². The lowest BCUT2D eigenvalue weighted by molar-refractivity contribution is -0.428. The normalized spacial score (nSPS) is 20.5. The Balaban J connectivity index is 1.92. The Morgan fingerprint density at radius 2 is 1.96 bits per heavy atom. The number of nitrogens with one attached hydrogen (secondary N) is 1. The van der Waals surface area contributed by atoms with Gasteiger partial charge in [0.15, 0.2) is 0 Å². The van der Waals surface area contributed by atoms with Gasteiger partial charge in [0.25, 0.3) is 5.56 Å². The van der Waals surface area contributed by atoms with Gasteiger partial charge in [-0.1, -0.05) is 18.6 Å². The van der Waals surface area contributed by atoms with E-state index in [4.69, 9.17) is 0 Å². The molecule has 0 saturated heterocycles. The average molecular weight is 361 g/mol. The van der Waals surface area contributed by atoms with Crippen molar-refractivity contribution in [1.29, 1.82) is 0 Å². The number of halogens is 1. The van der Waals surface area contributed by atoms with Gasteiger partial charge in [-0.05, 0) is 30.5 Å². The first-order valence-electron chi connectivity index (χ1n) is 8.62. The highest BCUT2D eigenvalue weighted by Gasteiger charge is 2.24. The second-order valence-electron chi connectivity index (χ2n) is 6.60. The second kappa shape index (κ2) is 7.65. The molecule has 1 aliphatic rings. The maximum Gasteiger partial charge on any atom is 0.331 e. The molecule has 5 N–H and O–H groups in total. The lowest BCUT2D eigenvalue weighted by atomic mass is 9.91. The highest BCUT2D eigenvalue weighted by molar-refractivity contribution is 5.82. The molecule has 3 rings (SSSR count). The Hall–Kier alpha value is -2.74. The van der Waals surface area contributed by atoms with E-state index in [1.54, 1.807) is 0 Å². The first-order valence-corrected chi connectivity index (χ1v) is 8.62.